The van der Waals surface area contributed by atoms with Gasteiger partial charge in [0.15, 0.2) is 18.2 Å². The fourth-order valence-electron chi connectivity index (χ4n) is 3.13. The lowest BCUT2D eigenvalue weighted by molar-refractivity contribution is -0.125. The van der Waals surface area contributed by atoms with Crippen molar-refractivity contribution in [1.82, 2.24) is 15.1 Å². The van der Waals surface area contributed by atoms with Gasteiger partial charge >= 0.3 is 6.03 Å². The first-order valence-electron chi connectivity index (χ1n) is 7.17. The molecule has 4 atom stereocenters. The van der Waals surface area contributed by atoms with Gasteiger partial charge in [0.1, 0.15) is 6.23 Å². The minimum absolute atomic E-state index is 0.0128. The highest BCUT2D eigenvalue weighted by atomic mass is 16.5. The Morgan fingerprint density at radius 2 is 2.27 bits per heavy atom. The SMILES string of the molecule is C=CCN1C(=O)N(C2CCC(CO)O2)C2N=C(N)NC(=O)C21. The van der Waals surface area contributed by atoms with Crippen molar-refractivity contribution < 1.29 is 19.4 Å². The highest BCUT2D eigenvalue weighted by Gasteiger charge is 2.54. The lowest BCUT2D eigenvalue weighted by Crippen LogP contribution is -2.57. The monoisotopic (exact) mass is 309 g/mol. The van der Waals surface area contributed by atoms with Crippen LogP contribution in [0.1, 0.15) is 12.8 Å². The van der Waals surface area contributed by atoms with Crippen LogP contribution in [0.15, 0.2) is 17.6 Å². The third kappa shape index (κ3) is 2.22. The molecule has 3 heterocycles. The average molecular weight is 309 g/mol. The number of urea groups is 1. The van der Waals surface area contributed by atoms with Crippen LogP contribution >= 0.6 is 0 Å². The van der Waals surface area contributed by atoms with Crippen LogP contribution in [-0.2, 0) is 9.53 Å². The summed E-state index contributed by atoms with van der Waals surface area (Å²) in [5, 5.41) is 11.6. The summed E-state index contributed by atoms with van der Waals surface area (Å²) in [6, 6.07) is -1.10. The van der Waals surface area contributed by atoms with Gasteiger partial charge in [0.25, 0.3) is 5.91 Å². The van der Waals surface area contributed by atoms with E-state index in [1.807, 2.05) is 0 Å². The van der Waals surface area contributed by atoms with Crippen LogP contribution in [0.3, 0.4) is 0 Å². The number of aliphatic hydroxyl groups is 1. The number of aliphatic hydroxyl groups excluding tert-OH is 1. The van der Waals surface area contributed by atoms with Gasteiger partial charge in [0, 0.05) is 6.54 Å². The quantitative estimate of drug-likeness (QED) is 0.549. The van der Waals surface area contributed by atoms with Crippen molar-refractivity contribution in [2.75, 3.05) is 13.2 Å². The van der Waals surface area contributed by atoms with Crippen molar-refractivity contribution in [3.63, 3.8) is 0 Å². The van der Waals surface area contributed by atoms with E-state index in [1.54, 1.807) is 6.08 Å². The van der Waals surface area contributed by atoms with Gasteiger partial charge in [-0.05, 0) is 12.8 Å². The molecular formula is C13H19N5O4. The minimum atomic E-state index is -0.755. The van der Waals surface area contributed by atoms with Crippen molar-refractivity contribution in [2.24, 2.45) is 10.7 Å². The third-order valence-corrected chi connectivity index (χ3v) is 4.09. The number of aliphatic imine (C=N–C) groups is 1. The van der Waals surface area contributed by atoms with E-state index in [1.165, 1.54) is 9.80 Å². The van der Waals surface area contributed by atoms with E-state index in [9.17, 15) is 14.7 Å². The van der Waals surface area contributed by atoms with Gasteiger partial charge in [0.05, 0.1) is 12.7 Å². The number of nitrogens with one attached hydrogen (secondary N) is 1. The Kier molecular flexibility index (Phi) is 3.75. The lowest BCUT2D eigenvalue weighted by Gasteiger charge is -2.30. The Hall–Kier alpha value is -2.13. The minimum Gasteiger partial charge on any atom is -0.394 e. The number of hydrogen-bond donors (Lipinski definition) is 3. The Morgan fingerprint density at radius 3 is 2.91 bits per heavy atom. The summed E-state index contributed by atoms with van der Waals surface area (Å²) in [5.41, 5.74) is 5.62. The van der Waals surface area contributed by atoms with E-state index < -0.39 is 18.4 Å². The van der Waals surface area contributed by atoms with Gasteiger partial charge in [-0.1, -0.05) is 6.08 Å². The largest absolute Gasteiger partial charge is 0.394 e. The predicted octanol–water partition coefficient (Wildman–Crippen LogP) is -1.45. The lowest BCUT2D eigenvalue weighted by atomic mass is 10.1. The van der Waals surface area contributed by atoms with E-state index in [2.05, 4.69) is 16.9 Å². The molecule has 3 aliphatic heterocycles. The summed E-state index contributed by atoms with van der Waals surface area (Å²) >= 11 is 0. The van der Waals surface area contributed by atoms with Gasteiger partial charge in [0.2, 0.25) is 0 Å². The molecule has 9 heteroatoms. The number of nitrogens with zero attached hydrogens (tertiary/aromatic N) is 3. The smallest absolute Gasteiger partial charge is 0.324 e. The zero-order valence-electron chi connectivity index (χ0n) is 12.0. The summed E-state index contributed by atoms with van der Waals surface area (Å²) in [6.07, 6.45) is 1.25. The normalized spacial score (nSPS) is 34.5. The number of nitrogens with two attached hydrogens (primary N) is 1. The van der Waals surface area contributed by atoms with Crippen molar-refractivity contribution in [1.29, 1.82) is 0 Å². The second-order valence-electron chi connectivity index (χ2n) is 5.47. The molecule has 2 fully saturated rings. The zero-order valence-corrected chi connectivity index (χ0v) is 12.0. The maximum absolute atomic E-state index is 12.7. The van der Waals surface area contributed by atoms with E-state index >= 15 is 0 Å². The molecule has 0 radical (unpaired) electrons. The first-order chi connectivity index (χ1) is 10.6. The molecule has 4 N–H and O–H groups in total. The van der Waals surface area contributed by atoms with Crippen LogP contribution in [0.25, 0.3) is 0 Å². The first kappa shape index (κ1) is 14.8. The Morgan fingerprint density at radius 1 is 1.50 bits per heavy atom. The first-order valence-corrected chi connectivity index (χ1v) is 7.17. The highest BCUT2D eigenvalue weighted by molar-refractivity contribution is 6.04. The fourth-order valence-corrected chi connectivity index (χ4v) is 3.13. The molecule has 22 heavy (non-hydrogen) atoms. The number of ether oxygens (including phenoxy) is 1. The number of carbonyl (C=O) groups is 2. The van der Waals surface area contributed by atoms with Crippen molar-refractivity contribution in [3.05, 3.63) is 12.7 Å². The van der Waals surface area contributed by atoms with Crippen LogP contribution in [0.4, 0.5) is 4.79 Å². The molecule has 3 amide bonds. The Labute approximate surface area is 127 Å². The summed E-state index contributed by atoms with van der Waals surface area (Å²) in [5.74, 6) is -0.381. The molecule has 0 aromatic carbocycles. The van der Waals surface area contributed by atoms with Crippen LogP contribution < -0.4 is 11.1 Å². The van der Waals surface area contributed by atoms with Gasteiger partial charge < -0.3 is 20.5 Å². The number of rotatable bonds is 4. The molecule has 120 valence electrons. The van der Waals surface area contributed by atoms with Crippen LogP contribution in [-0.4, -0.2) is 70.5 Å². The Bertz CT molecular complexity index is 537. The zero-order chi connectivity index (χ0) is 15.9. The molecule has 0 saturated carbocycles. The number of carbonyl (C=O) groups excluding carboxylic acids is 2. The van der Waals surface area contributed by atoms with Crippen molar-refractivity contribution in [3.8, 4) is 0 Å². The molecule has 3 rings (SSSR count). The summed E-state index contributed by atoms with van der Waals surface area (Å²) in [6.45, 7) is 3.74. The molecule has 0 aromatic heterocycles. The van der Waals surface area contributed by atoms with Gasteiger partial charge in [-0.2, -0.15) is 0 Å². The van der Waals surface area contributed by atoms with Crippen LogP contribution in [0.2, 0.25) is 0 Å². The van der Waals surface area contributed by atoms with Crippen LogP contribution in [0, 0.1) is 0 Å². The summed E-state index contributed by atoms with van der Waals surface area (Å²) in [7, 11) is 0. The molecule has 0 aromatic rings. The van der Waals surface area contributed by atoms with Gasteiger partial charge in [-0.3, -0.25) is 15.0 Å². The molecule has 0 spiro atoms. The number of hydrogen-bond acceptors (Lipinski definition) is 6. The van der Waals surface area contributed by atoms with Gasteiger partial charge in [-0.25, -0.2) is 9.79 Å². The number of amides is 3. The van der Waals surface area contributed by atoms with Crippen LogP contribution in [0.5, 0.6) is 0 Å². The van der Waals surface area contributed by atoms with Gasteiger partial charge in [-0.15, -0.1) is 6.58 Å². The van der Waals surface area contributed by atoms with E-state index in [0.717, 1.165) is 0 Å². The summed E-state index contributed by atoms with van der Waals surface area (Å²) < 4.78 is 5.67. The molecule has 9 nitrogen and oxygen atoms in total. The maximum Gasteiger partial charge on any atom is 0.324 e. The van der Waals surface area contributed by atoms with E-state index in [4.69, 9.17) is 10.5 Å². The van der Waals surface area contributed by atoms with E-state index in [-0.39, 0.29) is 37.2 Å². The molecule has 4 unspecified atom stereocenters. The number of fused-ring (bicyclic) bond motifs is 1. The molecule has 0 aliphatic carbocycles. The highest BCUT2D eigenvalue weighted by Crippen LogP contribution is 2.33. The Balaban J connectivity index is 1.91. The second-order valence-corrected chi connectivity index (χ2v) is 5.47. The fraction of sp³-hybridized carbons (Fsp3) is 0.615. The third-order valence-electron chi connectivity index (χ3n) is 4.09. The number of guanidine groups is 1. The molecule has 0 bridgehead atoms. The summed E-state index contributed by atoms with van der Waals surface area (Å²) in [4.78, 5) is 31.9. The predicted molar refractivity (Wildman–Crippen MR) is 76.5 cm³/mol. The topological polar surface area (TPSA) is 120 Å². The van der Waals surface area contributed by atoms with E-state index in [0.29, 0.717) is 12.8 Å². The molecule has 3 aliphatic rings. The standard InChI is InChI=1S/C13H19N5O4/c1-2-5-17-9-10(15-12(14)16-11(9)20)18(13(17)21)8-4-3-7(6-19)22-8/h2,7-10,19H,1,3-6H2,(H3,14,15,16,20). The molecule has 2 saturated heterocycles. The van der Waals surface area contributed by atoms with Crippen molar-refractivity contribution >= 4 is 17.9 Å². The average Bonchev–Trinajstić information content (AvgIpc) is 3.03. The maximum atomic E-state index is 12.7. The molecular weight excluding hydrogens is 290 g/mol. The second kappa shape index (κ2) is 5.58. The van der Waals surface area contributed by atoms with Crippen molar-refractivity contribution in [2.45, 2.75) is 37.4 Å².